The van der Waals surface area contributed by atoms with Crippen LogP contribution in [0.2, 0.25) is 10.0 Å². The molecule has 0 bridgehead atoms. The molecule has 0 unspecified atom stereocenters. The smallest absolute Gasteiger partial charge is 0.275 e. The second kappa shape index (κ2) is 9.98. The molecule has 0 aliphatic heterocycles. The van der Waals surface area contributed by atoms with Crippen LogP contribution < -0.4 is 5.69 Å². The van der Waals surface area contributed by atoms with Gasteiger partial charge in [-0.2, -0.15) is 13.2 Å². The molecule has 3 aromatic carbocycles. The lowest BCUT2D eigenvalue weighted by molar-refractivity contribution is -0.136. The zero-order valence-corrected chi connectivity index (χ0v) is 20.6. The van der Waals surface area contributed by atoms with Gasteiger partial charge in [0.25, 0.3) is 0 Å². The molecular formula is C24H17BrCl2F3N3O. The summed E-state index contributed by atoms with van der Waals surface area (Å²) in [7, 11) is 0. The highest BCUT2D eigenvalue weighted by Crippen LogP contribution is 2.31. The van der Waals surface area contributed by atoms with Gasteiger partial charge in [-0.25, -0.2) is 9.48 Å². The Morgan fingerprint density at radius 2 is 1.65 bits per heavy atom. The quantitative estimate of drug-likeness (QED) is 0.241. The van der Waals surface area contributed by atoms with Crippen LogP contribution in [-0.2, 0) is 13.1 Å². The molecule has 0 saturated heterocycles. The first-order valence-electron chi connectivity index (χ1n) is 10.2. The summed E-state index contributed by atoms with van der Waals surface area (Å²) in [5.74, 6) is 0.146. The number of hydrogen-bond donors (Lipinski definition) is 0. The standard InChI is InChI=1S/C24H17BrCl2F3N3O/c25-18-12-15(11-17(13-18)20-3-1-2-4-21(20)27)14-33-23(34)32(10-9-24(28,29)30)22(31-33)16-5-7-19(26)8-6-16/h1-8,11-13H,9-10,14H2. The van der Waals surface area contributed by atoms with Gasteiger partial charge in [0.15, 0.2) is 5.82 Å². The number of hydrogen-bond acceptors (Lipinski definition) is 2. The Hall–Kier alpha value is -2.55. The number of alkyl halides is 3. The molecular weight excluding hydrogens is 554 g/mol. The van der Waals surface area contributed by atoms with Crippen LogP contribution in [0.4, 0.5) is 13.2 Å². The van der Waals surface area contributed by atoms with E-state index in [1.807, 2.05) is 36.4 Å². The lowest BCUT2D eigenvalue weighted by Gasteiger charge is -2.09. The van der Waals surface area contributed by atoms with Gasteiger partial charge in [0.05, 0.1) is 13.0 Å². The van der Waals surface area contributed by atoms with Crippen molar-refractivity contribution < 1.29 is 13.2 Å². The zero-order chi connectivity index (χ0) is 24.5. The highest BCUT2D eigenvalue weighted by molar-refractivity contribution is 9.10. The van der Waals surface area contributed by atoms with Crippen molar-refractivity contribution in [2.24, 2.45) is 0 Å². The van der Waals surface area contributed by atoms with E-state index in [2.05, 4.69) is 21.0 Å². The molecule has 0 N–H and O–H groups in total. The summed E-state index contributed by atoms with van der Waals surface area (Å²) >= 11 is 15.8. The Balaban J connectivity index is 1.74. The van der Waals surface area contributed by atoms with Crippen LogP contribution in [0.3, 0.4) is 0 Å². The minimum absolute atomic E-state index is 0.0648. The summed E-state index contributed by atoms with van der Waals surface area (Å²) in [5.41, 5.74) is 2.24. The SMILES string of the molecule is O=c1n(Cc2cc(Br)cc(-c3ccccc3Cl)c2)nc(-c2ccc(Cl)cc2)n1CCC(F)(F)F. The first kappa shape index (κ1) is 24.6. The average molecular weight is 571 g/mol. The average Bonchev–Trinajstić information content (AvgIpc) is 3.07. The molecule has 10 heteroatoms. The third kappa shape index (κ3) is 5.74. The predicted octanol–water partition coefficient (Wildman–Crippen LogP) is 7.45. The van der Waals surface area contributed by atoms with Crippen LogP contribution in [0.25, 0.3) is 22.5 Å². The Bertz CT molecular complexity index is 1380. The first-order chi connectivity index (χ1) is 16.1. The van der Waals surface area contributed by atoms with E-state index in [1.165, 1.54) is 4.68 Å². The Labute approximate surface area is 211 Å². The van der Waals surface area contributed by atoms with E-state index in [4.69, 9.17) is 23.2 Å². The van der Waals surface area contributed by atoms with Crippen molar-refractivity contribution >= 4 is 39.1 Å². The van der Waals surface area contributed by atoms with E-state index < -0.39 is 24.8 Å². The van der Waals surface area contributed by atoms with Gasteiger partial charge in [-0.05, 0) is 59.7 Å². The second-order valence-corrected chi connectivity index (χ2v) is 9.37. The molecule has 0 spiro atoms. The highest BCUT2D eigenvalue weighted by atomic mass is 79.9. The van der Waals surface area contributed by atoms with Crippen molar-refractivity contribution in [3.05, 3.63) is 97.3 Å². The van der Waals surface area contributed by atoms with Crippen molar-refractivity contribution in [3.8, 4) is 22.5 Å². The maximum absolute atomic E-state index is 13.1. The summed E-state index contributed by atoms with van der Waals surface area (Å²) in [6.45, 7) is -0.473. The first-order valence-corrected chi connectivity index (χ1v) is 11.7. The lowest BCUT2D eigenvalue weighted by atomic mass is 10.0. The van der Waals surface area contributed by atoms with Crippen LogP contribution in [0.5, 0.6) is 0 Å². The molecule has 0 radical (unpaired) electrons. The molecule has 0 aliphatic rings. The van der Waals surface area contributed by atoms with Crippen LogP contribution in [0.1, 0.15) is 12.0 Å². The van der Waals surface area contributed by atoms with Gasteiger partial charge in [0.2, 0.25) is 0 Å². The van der Waals surface area contributed by atoms with E-state index in [9.17, 15) is 18.0 Å². The van der Waals surface area contributed by atoms with Crippen molar-refractivity contribution in [3.63, 3.8) is 0 Å². The molecule has 4 nitrogen and oxygen atoms in total. The number of rotatable bonds is 6. The van der Waals surface area contributed by atoms with Gasteiger partial charge in [-0.3, -0.25) is 4.57 Å². The summed E-state index contributed by atoms with van der Waals surface area (Å²) in [6.07, 6.45) is -5.56. The van der Waals surface area contributed by atoms with Crippen molar-refractivity contribution in [1.29, 1.82) is 0 Å². The lowest BCUT2D eigenvalue weighted by Crippen LogP contribution is -2.27. The molecule has 176 valence electrons. The van der Waals surface area contributed by atoms with Crippen molar-refractivity contribution in [2.75, 3.05) is 0 Å². The largest absolute Gasteiger partial charge is 0.390 e. The summed E-state index contributed by atoms with van der Waals surface area (Å²) in [5, 5.41) is 5.41. The summed E-state index contributed by atoms with van der Waals surface area (Å²) < 4.78 is 41.7. The molecule has 1 heterocycles. The molecule has 4 aromatic rings. The second-order valence-electron chi connectivity index (χ2n) is 7.62. The minimum Gasteiger partial charge on any atom is -0.275 e. The Kier molecular flexibility index (Phi) is 7.21. The predicted molar refractivity (Wildman–Crippen MR) is 131 cm³/mol. The van der Waals surface area contributed by atoms with Gasteiger partial charge < -0.3 is 0 Å². The van der Waals surface area contributed by atoms with Crippen molar-refractivity contribution in [2.45, 2.75) is 25.7 Å². The molecule has 1 aromatic heterocycles. The van der Waals surface area contributed by atoms with E-state index >= 15 is 0 Å². The van der Waals surface area contributed by atoms with E-state index in [1.54, 1.807) is 30.3 Å². The number of nitrogens with zero attached hydrogens (tertiary/aromatic N) is 3. The van der Waals surface area contributed by atoms with Crippen LogP contribution >= 0.6 is 39.1 Å². The third-order valence-electron chi connectivity index (χ3n) is 5.12. The molecule has 34 heavy (non-hydrogen) atoms. The molecule has 0 atom stereocenters. The fraction of sp³-hybridized carbons (Fsp3) is 0.167. The van der Waals surface area contributed by atoms with Crippen LogP contribution in [0, 0.1) is 0 Å². The number of aromatic nitrogens is 3. The van der Waals surface area contributed by atoms with Crippen molar-refractivity contribution in [1.82, 2.24) is 14.3 Å². The van der Waals surface area contributed by atoms with Gasteiger partial charge in [0.1, 0.15) is 0 Å². The van der Waals surface area contributed by atoms with Gasteiger partial charge >= 0.3 is 11.9 Å². The Morgan fingerprint density at radius 1 is 0.941 bits per heavy atom. The number of halogens is 6. The van der Waals surface area contributed by atoms with Gasteiger partial charge in [-0.15, -0.1) is 5.10 Å². The van der Waals surface area contributed by atoms with Gasteiger partial charge in [0, 0.05) is 32.2 Å². The molecule has 0 amide bonds. The van der Waals surface area contributed by atoms with Crippen LogP contribution in [-0.4, -0.2) is 20.5 Å². The molecule has 0 fully saturated rings. The fourth-order valence-electron chi connectivity index (χ4n) is 3.56. The summed E-state index contributed by atoms with van der Waals surface area (Å²) in [4.78, 5) is 13.1. The normalized spacial score (nSPS) is 11.7. The maximum Gasteiger partial charge on any atom is 0.390 e. The third-order valence-corrected chi connectivity index (χ3v) is 6.16. The van der Waals surface area contributed by atoms with E-state index in [0.29, 0.717) is 15.6 Å². The topological polar surface area (TPSA) is 39.8 Å². The molecule has 0 saturated carbocycles. The minimum atomic E-state index is -4.41. The number of benzene rings is 3. The maximum atomic E-state index is 13.1. The van der Waals surface area contributed by atoms with E-state index in [-0.39, 0.29) is 12.4 Å². The zero-order valence-electron chi connectivity index (χ0n) is 17.5. The molecule has 4 rings (SSSR count). The highest BCUT2D eigenvalue weighted by Gasteiger charge is 2.28. The van der Waals surface area contributed by atoms with Gasteiger partial charge in [-0.1, -0.05) is 57.3 Å². The Morgan fingerprint density at radius 3 is 2.32 bits per heavy atom. The van der Waals surface area contributed by atoms with E-state index in [0.717, 1.165) is 25.7 Å². The molecule has 0 aliphatic carbocycles. The summed E-state index contributed by atoms with van der Waals surface area (Å²) in [6, 6.07) is 19.4. The monoisotopic (exact) mass is 569 g/mol. The van der Waals surface area contributed by atoms with Crippen LogP contribution in [0.15, 0.2) is 76.0 Å². The fourth-order valence-corrected chi connectivity index (χ4v) is 4.47.